The molecule has 0 aromatic heterocycles. The molecule has 162 valence electrons. The van der Waals surface area contributed by atoms with Crippen molar-refractivity contribution in [1.29, 1.82) is 0 Å². The van der Waals surface area contributed by atoms with E-state index in [9.17, 15) is 9.59 Å². The number of para-hydroxylation sites is 1. The average Bonchev–Trinajstić information content (AvgIpc) is 3.20. The molecule has 0 bridgehead atoms. The second-order valence-electron chi connectivity index (χ2n) is 7.33. The minimum Gasteiger partial charge on any atom is -0.493 e. The fraction of sp³-hybridized carbons (Fsp3) is 0.304. The van der Waals surface area contributed by atoms with Crippen molar-refractivity contribution < 1.29 is 23.8 Å². The summed E-state index contributed by atoms with van der Waals surface area (Å²) in [6.07, 6.45) is 0.919. The Morgan fingerprint density at radius 3 is 2.61 bits per heavy atom. The van der Waals surface area contributed by atoms with Crippen LogP contribution in [0.1, 0.15) is 17.2 Å². The molecular weight excluding hydrogens is 398 g/mol. The van der Waals surface area contributed by atoms with Gasteiger partial charge in [0.15, 0.2) is 11.5 Å². The van der Waals surface area contributed by atoms with Crippen LogP contribution in [0.25, 0.3) is 0 Å². The maximum atomic E-state index is 12.8. The predicted octanol–water partition coefficient (Wildman–Crippen LogP) is 2.55. The molecule has 0 spiro atoms. The van der Waals surface area contributed by atoms with Gasteiger partial charge in [0.2, 0.25) is 0 Å². The molecule has 0 aliphatic carbocycles. The van der Waals surface area contributed by atoms with E-state index in [0.29, 0.717) is 34.9 Å². The van der Waals surface area contributed by atoms with Gasteiger partial charge in [-0.25, -0.2) is 9.59 Å². The Morgan fingerprint density at radius 2 is 1.87 bits per heavy atom. The average molecular weight is 423 g/mol. The van der Waals surface area contributed by atoms with E-state index in [2.05, 4.69) is 27.7 Å². The van der Waals surface area contributed by atoms with Crippen LogP contribution in [0.5, 0.6) is 11.5 Å². The van der Waals surface area contributed by atoms with Gasteiger partial charge in [-0.3, -0.25) is 0 Å². The Hall–Kier alpha value is -3.68. The molecule has 8 nitrogen and oxygen atoms in total. The zero-order valence-corrected chi connectivity index (χ0v) is 17.7. The second-order valence-corrected chi connectivity index (χ2v) is 7.33. The van der Waals surface area contributed by atoms with Gasteiger partial charge >= 0.3 is 12.0 Å². The molecule has 2 aromatic carbocycles. The Bertz CT molecular complexity index is 1050. The molecule has 0 saturated carbocycles. The summed E-state index contributed by atoms with van der Waals surface area (Å²) in [5, 5.41) is 5.66. The molecule has 2 aliphatic rings. The van der Waals surface area contributed by atoms with Crippen LogP contribution in [-0.2, 0) is 16.0 Å². The molecule has 0 fully saturated rings. The zero-order chi connectivity index (χ0) is 22.0. The van der Waals surface area contributed by atoms with Crippen molar-refractivity contribution in [2.24, 2.45) is 0 Å². The molecule has 1 atom stereocenters. The van der Waals surface area contributed by atoms with Gasteiger partial charge in [-0.1, -0.05) is 24.3 Å². The Balaban J connectivity index is 1.75. The summed E-state index contributed by atoms with van der Waals surface area (Å²) in [5.74, 6) is 0.561. The van der Waals surface area contributed by atoms with Gasteiger partial charge in [0, 0.05) is 12.2 Å². The SMILES string of the molecule is COC(=O)C1=C(CN2CCc3ccccc32)NC(=O)N[C@H]1c1ccc(OC)c(OC)c1. The Labute approximate surface area is 180 Å². The maximum Gasteiger partial charge on any atom is 0.338 e. The van der Waals surface area contributed by atoms with Crippen molar-refractivity contribution in [3.63, 3.8) is 0 Å². The first kappa shape index (κ1) is 20.6. The highest BCUT2D eigenvalue weighted by Crippen LogP contribution is 2.35. The highest BCUT2D eigenvalue weighted by molar-refractivity contribution is 5.95. The van der Waals surface area contributed by atoms with Crippen LogP contribution in [0.15, 0.2) is 53.7 Å². The number of fused-ring (bicyclic) bond motifs is 1. The lowest BCUT2D eigenvalue weighted by Crippen LogP contribution is -2.48. The summed E-state index contributed by atoms with van der Waals surface area (Å²) in [6, 6.07) is 12.4. The van der Waals surface area contributed by atoms with E-state index in [4.69, 9.17) is 14.2 Å². The number of urea groups is 1. The topological polar surface area (TPSA) is 89.1 Å². The lowest BCUT2D eigenvalue weighted by atomic mass is 9.94. The van der Waals surface area contributed by atoms with Crippen LogP contribution in [-0.4, -0.2) is 46.4 Å². The first-order valence-corrected chi connectivity index (χ1v) is 9.99. The molecule has 2 heterocycles. The van der Waals surface area contributed by atoms with Crippen LogP contribution < -0.4 is 25.0 Å². The molecule has 2 aliphatic heterocycles. The normalized spacial score (nSPS) is 17.6. The summed E-state index contributed by atoms with van der Waals surface area (Å²) >= 11 is 0. The van der Waals surface area contributed by atoms with E-state index in [1.807, 2.05) is 12.1 Å². The van der Waals surface area contributed by atoms with Crippen molar-refractivity contribution in [3.05, 3.63) is 64.9 Å². The summed E-state index contributed by atoms with van der Waals surface area (Å²) < 4.78 is 15.8. The molecule has 8 heteroatoms. The van der Waals surface area contributed by atoms with Crippen molar-refractivity contribution in [2.75, 3.05) is 39.3 Å². The summed E-state index contributed by atoms with van der Waals surface area (Å²) in [4.78, 5) is 27.5. The van der Waals surface area contributed by atoms with Gasteiger partial charge < -0.3 is 29.7 Å². The number of methoxy groups -OCH3 is 3. The standard InChI is InChI=1S/C23H25N3O5/c1-29-18-9-8-15(12-19(18)30-2)21-20(22(27)31-3)16(24-23(28)25-21)13-26-11-10-14-6-4-5-7-17(14)26/h4-9,12,21H,10-11,13H2,1-3H3,(H2,24,25,28)/t21-/m0/s1. The molecule has 0 unspecified atom stereocenters. The number of amides is 2. The number of nitrogens with one attached hydrogen (secondary N) is 2. The van der Waals surface area contributed by atoms with Crippen LogP contribution >= 0.6 is 0 Å². The summed E-state index contributed by atoms with van der Waals surface area (Å²) in [6.45, 7) is 1.19. The third-order valence-corrected chi connectivity index (χ3v) is 5.63. The number of rotatable bonds is 6. The largest absolute Gasteiger partial charge is 0.493 e. The zero-order valence-electron chi connectivity index (χ0n) is 17.7. The fourth-order valence-corrected chi connectivity index (χ4v) is 4.14. The number of hydrogen-bond donors (Lipinski definition) is 2. The minimum absolute atomic E-state index is 0.360. The third kappa shape index (κ3) is 3.88. The van der Waals surface area contributed by atoms with Crippen LogP contribution in [0.3, 0.4) is 0 Å². The van der Waals surface area contributed by atoms with Crippen molar-refractivity contribution in [2.45, 2.75) is 12.5 Å². The van der Waals surface area contributed by atoms with Crippen molar-refractivity contribution in [3.8, 4) is 11.5 Å². The molecular formula is C23H25N3O5. The summed E-state index contributed by atoms with van der Waals surface area (Å²) in [7, 11) is 4.42. The highest BCUT2D eigenvalue weighted by Gasteiger charge is 2.35. The van der Waals surface area contributed by atoms with Crippen molar-refractivity contribution >= 4 is 17.7 Å². The fourth-order valence-electron chi connectivity index (χ4n) is 4.14. The second kappa shape index (κ2) is 8.59. The van der Waals surface area contributed by atoms with Gasteiger partial charge in [-0.15, -0.1) is 0 Å². The lowest BCUT2D eigenvalue weighted by Gasteiger charge is -2.31. The van der Waals surface area contributed by atoms with E-state index < -0.39 is 12.0 Å². The van der Waals surface area contributed by atoms with Gasteiger partial charge in [0.25, 0.3) is 0 Å². The van der Waals surface area contributed by atoms with E-state index in [1.54, 1.807) is 25.3 Å². The molecule has 2 amide bonds. The molecule has 0 radical (unpaired) electrons. The third-order valence-electron chi connectivity index (χ3n) is 5.63. The van der Waals surface area contributed by atoms with E-state index in [1.165, 1.54) is 19.8 Å². The number of carbonyl (C=O) groups excluding carboxylic acids is 2. The first-order chi connectivity index (χ1) is 15.0. The van der Waals surface area contributed by atoms with E-state index in [0.717, 1.165) is 18.7 Å². The lowest BCUT2D eigenvalue weighted by molar-refractivity contribution is -0.136. The molecule has 2 N–H and O–H groups in total. The predicted molar refractivity (Wildman–Crippen MR) is 115 cm³/mol. The van der Waals surface area contributed by atoms with Gasteiger partial charge in [-0.2, -0.15) is 0 Å². The highest BCUT2D eigenvalue weighted by atomic mass is 16.5. The van der Waals surface area contributed by atoms with Gasteiger partial charge in [0.05, 0.1) is 45.2 Å². The van der Waals surface area contributed by atoms with Crippen molar-refractivity contribution in [1.82, 2.24) is 10.6 Å². The van der Waals surface area contributed by atoms with Gasteiger partial charge in [0.1, 0.15) is 0 Å². The number of hydrogen-bond acceptors (Lipinski definition) is 6. The quantitative estimate of drug-likeness (QED) is 0.695. The van der Waals surface area contributed by atoms with Crippen LogP contribution in [0.4, 0.5) is 10.5 Å². The van der Waals surface area contributed by atoms with E-state index >= 15 is 0 Å². The number of ether oxygens (including phenoxy) is 3. The minimum atomic E-state index is -0.686. The van der Waals surface area contributed by atoms with Gasteiger partial charge in [-0.05, 0) is 35.7 Å². The number of carbonyl (C=O) groups is 2. The molecule has 31 heavy (non-hydrogen) atoms. The molecule has 4 rings (SSSR count). The Kier molecular flexibility index (Phi) is 5.70. The van der Waals surface area contributed by atoms with Crippen LogP contribution in [0.2, 0.25) is 0 Å². The molecule has 0 saturated heterocycles. The van der Waals surface area contributed by atoms with Crippen LogP contribution in [0, 0.1) is 0 Å². The number of benzene rings is 2. The molecule has 2 aromatic rings. The number of anilines is 1. The van der Waals surface area contributed by atoms with E-state index in [-0.39, 0.29) is 6.03 Å². The first-order valence-electron chi connectivity index (χ1n) is 9.99. The Morgan fingerprint density at radius 1 is 1.10 bits per heavy atom. The smallest absolute Gasteiger partial charge is 0.338 e. The maximum absolute atomic E-state index is 12.8. The monoisotopic (exact) mass is 423 g/mol. The summed E-state index contributed by atoms with van der Waals surface area (Å²) in [5.41, 5.74) is 3.92. The number of nitrogens with zero attached hydrogens (tertiary/aromatic N) is 1. The number of esters is 1.